The Balaban J connectivity index is 2.14. The molecule has 0 amide bonds. The van der Waals surface area contributed by atoms with Gasteiger partial charge in [0.25, 0.3) is 0 Å². The van der Waals surface area contributed by atoms with Gasteiger partial charge in [-0.05, 0) is 23.8 Å². The van der Waals surface area contributed by atoms with Crippen LogP contribution in [0.15, 0.2) is 36.4 Å². The second kappa shape index (κ2) is 5.17. The summed E-state index contributed by atoms with van der Waals surface area (Å²) in [5.74, 6) is 0.401. The van der Waals surface area contributed by atoms with Crippen molar-refractivity contribution in [2.24, 2.45) is 0 Å². The van der Waals surface area contributed by atoms with Crippen molar-refractivity contribution < 1.29 is 0 Å². The molecule has 0 aliphatic heterocycles. The maximum absolute atomic E-state index is 6.18. The Bertz CT molecular complexity index is 796. The summed E-state index contributed by atoms with van der Waals surface area (Å²) >= 11 is 18.2. The van der Waals surface area contributed by atoms with Gasteiger partial charge in [0.05, 0.1) is 27.6 Å². The highest BCUT2D eigenvalue weighted by atomic mass is 35.5. The number of nitrogens with zero attached hydrogens (tertiary/aromatic N) is 2. The fourth-order valence-electron chi connectivity index (χ4n) is 2.10. The molecular formula is C14H10Cl3N3. The van der Waals surface area contributed by atoms with E-state index in [0.717, 1.165) is 11.1 Å². The summed E-state index contributed by atoms with van der Waals surface area (Å²) in [5.41, 5.74) is 8.48. The first-order valence-electron chi connectivity index (χ1n) is 5.90. The largest absolute Gasteiger partial charge is 0.369 e. The van der Waals surface area contributed by atoms with Crippen molar-refractivity contribution in [2.75, 3.05) is 5.73 Å². The van der Waals surface area contributed by atoms with Crippen molar-refractivity contribution in [3.05, 3.63) is 57.0 Å². The second-order valence-corrected chi connectivity index (χ2v) is 5.62. The van der Waals surface area contributed by atoms with Crippen LogP contribution >= 0.6 is 34.8 Å². The van der Waals surface area contributed by atoms with E-state index in [1.54, 1.807) is 12.1 Å². The number of halogens is 3. The lowest BCUT2D eigenvalue weighted by atomic mass is 10.2. The average Bonchev–Trinajstić information content (AvgIpc) is 2.69. The van der Waals surface area contributed by atoms with Gasteiger partial charge >= 0.3 is 0 Å². The number of aromatic nitrogens is 2. The number of imidazole rings is 1. The van der Waals surface area contributed by atoms with Crippen LogP contribution in [0.2, 0.25) is 15.1 Å². The first-order chi connectivity index (χ1) is 9.56. The molecule has 102 valence electrons. The lowest BCUT2D eigenvalue weighted by Crippen LogP contribution is -2.04. The van der Waals surface area contributed by atoms with Gasteiger partial charge in [0.1, 0.15) is 0 Å². The molecule has 0 radical (unpaired) electrons. The predicted molar refractivity (Wildman–Crippen MR) is 84.7 cm³/mol. The van der Waals surface area contributed by atoms with Gasteiger partial charge in [-0.3, -0.25) is 0 Å². The van der Waals surface area contributed by atoms with Crippen LogP contribution < -0.4 is 5.73 Å². The van der Waals surface area contributed by atoms with E-state index in [0.29, 0.717) is 33.1 Å². The molecule has 0 spiro atoms. The summed E-state index contributed by atoms with van der Waals surface area (Å²) in [6.45, 7) is 0.528. The van der Waals surface area contributed by atoms with E-state index in [1.807, 2.05) is 28.8 Å². The molecule has 0 fully saturated rings. The molecule has 0 saturated carbocycles. The van der Waals surface area contributed by atoms with E-state index in [9.17, 15) is 0 Å². The minimum atomic E-state index is 0.401. The van der Waals surface area contributed by atoms with Gasteiger partial charge in [0, 0.05) is 5.02 Å². The van der Waals surface area contributed by atoms with Gasteiger partial charge in [-0.1, -0.05) is 53.0 Å². The second-order valence-electron chi connectivity index (χ2n) is 4.40. The third-order valence-electron chi connectivity index (χ3n) is 3.11. The molecule has 3 nitrogen and oxygen atoms in total. The van der Waals surface area contributed by atoms with Crippen LogP contribution in [0.1, 0.15) is 5.56 Å². The third kappa shape index (κ3) is 2.33. The number of fused-ring (bicyclic) bond motifs is 1. The van der Waals surface area contributed by atoms with E-state index in [1.165, 1.54) is 0 Å². The Morgan fingerprint density at radius 1 is 1.00 bits per heavy atom. The monoisotopic (exact) mass is 325 g/mol. The van der Waals surface area contributed by atoms with Crippen molar-refractivity contribution in [1.82, 2.24) is 9.55 Å². The highest BCUT2D eigenvalue weighted by Crippen LogP contribution is 2.30. The van der Waals surface area contributed by atoms with E-state index in [2.05, 4.69) is 4.98 Å². The Morgan fingerprint density at radius 3 is 2.45 bits per heavy atom. The van der Waals surface area contributed by atoms with Crippen molar-refractivity contribution in [1.29, 1.82) is 0 Å². The zero-order valence-electron chi connectivity index (χ0n) is 10.3. The van der Waals surface area contributed by atoms with Crippen LogP contribution in [0, 0.1) is 0 Å². The summed E-state index contributed by atoms with van der Waals surface area (Å²) < 4.78 is 1.86. The standard InChI is InChI=1S/C14H10Cl3N3/c15-9-4-2-1-3-8(9)7-20-13-6-11(17)10(16)5-12(13)19-14(20)18/h1-6H,7H2,(H2,18,19). The first kappa shape index (κ1) is 13.6. The van der Waals surface area contributed by atoms with Crippen molar-refractivity contribution in [3.63, 3.8) is 0 Å². The van der Waals surface area contributed by atoms with Gasteiger partial charge in [-0.25, -0.2) is 4.98 Å². The highest BCUT2D eigenvalue weighted by Gasteiger charge is 2.12. The summed E-state index contributed by atoms with van der Waals surface area (Å²) in [5, 5.41) is 1.62. The lowest BCUT2D eigenvalue weighted by molar-refractivity contribution is 0.839. The van der Waals surface area contributed by atoms with Crippen LogP contribution in [0.3, 0.4) is 0 Å². The number of benzene rings is 2. The number of hydrogen-bond acceptors (Lipinski definition) is 2. The van der Waals surface area contributed by atoms with E-state index in [-0.39, 0.29) is 0 Å². The minimum Gasteiger partial charge on any atom is -0.369 e. The molecule has 0 atom stereocenters. The molecule has 1 aromatic heterocycles. The Labute approximate surface area is 130 Å². The molecule has 3 aromatic rings. The first-order valence-corrected chi connectivity index (χ1v) is 7.04. The molecule has 1 heterocycles. The van der Waals surface area contributed by atoms with Crippen molar-refractivity contribution >= 4 is 51.8 Å². The van der Waals surface area contributed by atoms with Gasteiger partial charge in [-0.15, -0.1) is 0 Å². The maximum Gasteiger partial charge on any atom is 0.201 e. The fraction of sp³-hybridized carbons (Fsp3) is 0.0714. The normalized spacial score (nSPS) is 11.2. The molecule has 0 aliphatic rings. The maximum atomic E-state index is 6.18. The summed E-state index contributed by atoms with van der Waals surface area (Å²) in [4.78, 5) is 4.30. The smallest absolute Gasteiger partial charge is 0.201 e. The van der Waals surface area contributed by atoms with Gasteiger partial charge in [0.15, 0.2) is 0 Å². The lowest BCUT2D eigenvalue weighted by Gasteiger charge is -2.08. The van der Waals surface area contributed by atoms with E-state index in [4.69, 9.17) is 40.5 Å². The van der Waals surface area contributed by atoms with E-state index < -0.39 is 0 Å². The zero-order valence-corrected chi connectivity index (χ0v) is 12.5. The van der Waals surface area contributed by atoms with Crippen molar-refractivity contribution in [2.45, 2.75) is 6.54 Å². The molecule has 6 heteroatoms. The quantitative estimate of drug-likeness (QED) is 0.746. The highest BCUT2D eigenvalue weighted by molar-refractivity contribution is 6.42. The van der Waals surface area contributed by atoms with E-state index >= 15 is 0 Å². The molecule has 20 heavy (non-hydrogen) atoms. The Kier molecular flexibility index (Phi) is 3.50. The van der Waals surface area contributed by atoms with Gasteiger partial charge < -0.3 is 10.3 Å². The van der Waals surface area contributed by atoms with Crippen LogP contribution in [-0.4, -0.2) is 9.55 Å². The molecule has 0 unspecified atom stereocenters. The number of nitrogen functional groups attached to an aromatic ring is 1. The number of nitrogens with two attached hydrogens (primary N) is 1. The number of anilines is 1. The average molecular weight is 327 g/mol. The molecule has 0 saturated heterocycles. The topological polar surface area (TPSA) is 43.8 Å². The minimum absolute atomic E-state index is 0.401. The van der Waals surface area contributed by atoms with Gasteiger partial charge in [0.2, 0.25) is 5.95 Å². The summed E-state index contributed by atoms with van der Waals surface area (Å²) in [6, 6.07) is 11.1. The summed E-state index contributed by atoms with van der Waals surface area (Å²) in [7, 11) is 0. The molecule has 2 aromatic carbocycles. The van der Waals surface area contributed by atoms with Crippen LogP contribution in [0.25, 0.3) is 11.0 Å². The summed E-state index contributed by atoms with van der Waals surface area (Å²) in [6.07, 6.45) is 0. The van der Waals surface area contributed by atoms with Crippen LogP contribution in [0.4, 0.5) is 5.95 Å². The molecule has 2 N–H and O–H groups in total. The number of hydrogen-bond donors (Lipinski definition) is 1. The van der Waals surface area contributed by atoms with Crippen LogP contribution in [0.5, 0.6) is 0 Å². The Morgan fingerprint density at radius 2 is 1.70 bits per heavy atom. The predicted octanol–water partition coefficient (Wildman–Crippen LogP) is 4.63. The third-order valence-corrected chi connectivity index (χ3v) is 4.20. The number of rotatable bonds is 2. The molecule has 3 rings (SSSR count). The van der Waals surface area contributed by atoms with Gasteiger partial charge in [-0.2, -0.15) is 0 Å². The zero-order chi connectivity index (χ0) is 14.3. The SMILES string of the molecule is Nc1nc2cc(Cl)c(Cl)cc2n1Cc1ccccc1Cl. The molecule has 0 bridgehead atoms. The van der Waals surface area contributed by atoms with Crippen molar-refractivity contribution in [3.8, 4) is 0 Å². The fourth-order valence-corrected chi connectivity index (χ4v) is 2.61. The Hall–Kier alpha value is -1.42. The molecular weight excluding hydrogens is 317 g/mol. The van der Waals surface area contributed by atoms with Crippen LogP contribution in [-0.2, 0) is 6.54 Å². The molecule has 0 aliphatic carbocycles.